The minimum absolute atomic E-state index is 0.00539. The average molecular weight is 291 g/mol. The largest absolute Gasteiger partial charge is 0.389 e. The van der Waals surface area contributed by atoms with Gasteiger partial charge < -0.3 is 10.4 Å². The molecule has 21 heavy (non-hydrogen) atoms. The Bertz CT molecular complexity index is 514. The summed E-state index contributed by atoms with van der Waals surface area (Å²) in [6, 6.07) is 3.96. The number of aliphatic hydroxyl groups is 1. The predicted octanol–water partition coefficient (Wildman–Crippen LogP) is 1.62. The summed E-state index contributed by atoms with van der Waals surface area (Å²) in [6.07, 6.45) is 9.88. The van der Waals surface area contributed by atoms with E-state index in [1.165, 1.54) is 0 Å². The zero-order chi connectivity index (χ0) is 14.7. The Labute approximate surface area is 125 Å². The van der Waals surface area contributed by atoms with Crippen LogP contribution in [0.15, 0.2) is 23.1 Å². The first kappa shape index (κ1) is 14.7. The van der Waals surface area contributed by atoms with Crippen LogP contribution in [0.25, 0.3) is 0 Å². The second-order valence-corrected chi connectivity index (χ2v) is 6.62. The molecule has 116 valence electrons. The first-order valence-electron chi connectivity index (χ1n) is 8.16. The molecule has 0 amide bonds. The van der Waals surface area contributed by atoms with Gasteiger partial charge in [0.1, 0.15) is 0 Å². The molecular formula is C16H25N3O2. The van der Waals surface area contributed by atoms with Crippen molar-refractivity contribution >= 4 is 0 Å². The van der Waals surface area contributed by atoms with E-state index in [1.807, 2.05) is 0 Å². The van der Waals surface area contributed by atoms with Crippen molar-refractivity contribution in [3.05, 3.63) is 28.7 Å². The molecule has 1 aromatic heterocycles. The number of hydrogen-bond donors (Lipinski definition) is 2. The van der Waals surface area contributed by atoms with E-state index in [1.54, 1.807) is 23.0 Å². The molecule has 3 rings (SSSR count). The van der Waals surface area contributed by atoms with Gasteiger partial charge in [-0.15, -0.1) is 0 Å². The number of aromatic nitrogens is 2. The zero-order valence-corrected chi connectivity index (χ0v) is 12.5. The third kappa shape index (κ3) is 3.52. The van der Waals surface area contributed by atoms with Crippen LogP contribution in [0.2, 0.25) is 0 Å². The summed E-state index contributed by atoms with van der Waals surface area (Å²) in [7, 11) is 0. The summed E-state index contributed by atoms with van der Waals surface area (Å²) < 4.78 is 1.63. The van der Waals surface area contributed by atoms with Crippen molar-refractivity contribution in [2.24, 2.45) is 0 Å². The molecule has 2 aliphatic rings. The first-order valence-corrected chi connectivity index (χ1v) is 8.16. The lowest BCUT2D eigenvalue weighted by molar-refractivity contribution is 0.0427. The molecule has 2 N–H and O–H groups in total. The van der Waals surface area contributed by atoms with Crippen molar-refractivity contribution in [1.82, 2.24) is 15.1 Å². The highest BCUT2D eigenvalue weighted by atomic mass is 16.3. The first-order chi connectivity index (χ1) is 10.2. The van der Waals surface area contributed by atoms with Gasteiger partial charge in [-0.05, 0) is 44.6 Å². The van der Waals surface area contributed by atoms with E-state index in [2.05, 4.69) is 10.4 Å². The van der Waals surface area contributed by atoms with Crippen LogP contribution in [0.3, 0.4) is 0 Å². The fourth-order valence-electron chi connectivity index (χ4n) is 3.71. The molecule has 0 bridgehead atoms. The molecule has 5 heteroatoms. The highest BCUT2D eigenvalue weighted by molar-refractivity contribution is 4.91. The van der Waals surface area contributed by atoms with Crippen LogP contribution in [0.5, 0.6) is 0 Å². The lowest BCUT2D eigenvalue weighted by atomic mass is 9.90. The molecule has 2 saturated carbocycles. The van der Waals surface area contributed by atoms with Crippen molar-refractivity contribution in [1.29, 1.82) is 0 Å². The van der Waals surface area contributed by atoms with Gasteiger partial charge in [0.15, 0.2) is 0 Å². The lowest BCUT2D eigenvalue weighted by Crippen LogP contribution is -2.44. The minimum Gasteiger partial charge on any atom is -0.389 e. The topological polar surface area (TPSA) is 67.2 Å². The number of hydrogen-bond acceptors (Lipinski definition) is 4. The predicted molar refractivity (Wildman–Crippen MR) is 81.2 cm³/mol. The van der Waals surface area contributed by atoms with Crippen molar-refractivity contribution in [2.45, 2.75) is 69.1 Å². The van der Waals surface area contributed by atoms with Crippen molar-refractivity contribution < 1.29 is 5.11 Å². The maximum Gasteiger partial charge on any atom is 0.266 e. The second-order valence-electron chi connectivity index (χ2n) is 6.62. The van der Waals surface area contributed by atoms with Crippen LogP contribution >= 0.6 is 0 Å². The molecular weight excluding hydrogens is 266 g/mol. The van der Waals surface area contributed by atoms with Gasteiger partial charge in [-0.3, -0.25) is 4.79 Å². The molecule has 1 heterocycles. The molecule has 0 aromatic carbocycles. The van der Waals surface area contributed by atoms with E-state index in [0.29, 0.717) is 12.6 Å². The number of rotatable bonds is 4. The summed E-state index contributed by atoms with van der Waals surface area (Å²) >= 11 is 0. The van der Waals surface area contributed by atoms with Crippen LogP contribution in [0.4, 0.5) is 0 Å². The van der Waals surface area contributed by atoms with Crippen molar-refractivity contribution in [2.75, 3.05) is 6.54 Å². The van der Waals surface area contributed by atoms with E-state index in [9.17, 15) is 9.90 Å². The summed E-state index contributed by atoms with van der Waals surface area (Å²) in [5.74, 6) is 0. The van der Waals surface area contributed by atoms with Crippen LogP contribution < -0.4 is 10.9 Å². The Kier molecular flexibility index (Phi) is 4.40. The lowest BCUT2D eigenvalue weighted by Gasteiger charge is -2.32. The Morgan fingerprint density at radius 2 is 2.00 bits per heavy atom. The van der Waals surface area contributed by atoms with Gasteiger partial charge in [0.25, 0.3) is 5.56 Å². The van der Waals surface area contributed by atoms with Crippen molar-refractivity contribution in [3.63, 3.8) is 0 Å². The number of nitrogens with zero attached hydrogens (tertiary/aromatic N) is 2. The van der Waals surface area contributed by atoms with Gasteiger partial charge in [-0.2, -0.15) is 5.10 Å². The van der Waals surface area contributed by atoms with Crippen LogP contribution in [-0.2, 0) is 0 Å². The van der Waals surface area contributed by atoms with Gasteiger partial charge in [-0.25, -0.2) is 4.68 Å². The standard InChI is InChI=1S/C16H25N3O2/c20-15-4-3-11-18-19(15)14-7-5-13(6-8-14)17-12-16(21)9-1-2-10-16/h3-4,11,13-14,17,21H,1-2,5-10,12H2. The molecule has 0 saturated heterocycles. The molecule has 0 radical (unpaired) electrons. The fraction of sp³-hybridized carbons (Fsp3) is 0.750. The molecule has 0 spiro atoms. The van der Waals surface area contributed by atoms with Crippen LogP contribution in [0.1, 0.15) is 57.4 Å². The second kappa shape index (κ2) is 6.28. The molecule has 1 aromatic rings. The monoisotopic (exact) mass is 291 g/mol. The Morgan fingerprint density at radius 3 is 2.67 bits per heavy atom. The summed E-state index contributed by atoms with van der Waals surface area (Å²) in [5, 5.41) is 18.1. The molecule has 0 aliphatic heterocycles. The van der Waals surface area contributed by atoms with E-state index in [4.69, 9.17) is 0 Å². The Hall–Kier alpha value is -1.20. The summed E-state index contributed by atoms with van der Waals surface area (Å²) in [5.41, 5.74) is -0.483. The van der Waals surface area contributed by atoms with Gasteiger partial charge in [0, 0.05) is 24.8 Å². The Balaban J connectivity index is 1.49. The molecule has 2 aliphatic carbocycles. The Morgan fingerprint density at radius 1 is 1.29 bits per heavy atom. The van der Waals surface area contributed by atoms with Gasteiger partial charge in [0.05, 0.1) is 11.6 Å². The molecule has 0 unspecified atom stereocenters. The smallest absolute Gasteiger partial charge is 0.266 e. The molecule has 0 atom stereocenters. The third-order valence-corrected chi connectivity index (χ3v) is 5.04. The highest BCUT2D eigenvalue weighted by Gasteiger charge is 2.32. The maximum absolute atomic E-state index is 11.8. The van der Waals surface area contributed by atoms with E-state index < -0.39 is 5.60 Å². The SMILES string of the molecule is O=c1cccnn1C1CCC(NCC2(O)CCCC2)CC1. The highest BCUT2D eigenvalue weighted by Crippen LogP contribution is 2.30. The van der Waals surface area contributed by atoms with E-state index in [-0.39, 0.29) is 11.6 Å². The maximum atomic E-state index is 11.8. The third-order valence-electron chi connectivity index (χ3n) is 5.04. The van der Waals surface area contributed by atoms with Gasteiger partial charge in [0.2, 0.25) is 0 Å². The normalized spacial score (nSPS) is 28.6. The number of nitrogens with one attached hydrogen (secondary N) is 1. The molecule has 2 fully saturated rings. The summed E-state index contributed by atoms with van der Waals surface area (Å²) in [4.78, 5) is 11.8. The van der Waals surface area contributed by atoms with E-state index >= 15 is 0 Å². The van der Waals surface area contributed by atoms with Crippen molar-refractivity contribution in [3.8, 4) is 0 Å². The summed E-state index contributed by atoms with van der Waals surface area (Å²) in [6.45, 7) is 0.714. The van der Waals surface area contributed by atoms with Gasteiger partial charge in [-0.1, -0.05) is 12.8 Å². The van der Waals surface area contributed by atoms with Gasteiger partial charge >= 0.3 is 0 Å². The quantitative estimate of drug-likeness (QED) is 0.884. The average Bonchev–Trinajstić information content (AvgIpc) is 2.94. The zero-order valence-electron chi connectivity index (χ0n) is 12.5. The van der Waals surface area contributed by atoms with Crippen LogP contribution in [0, 0.1) is 0 Å². The minimum atomic E-state index is -0.477. The van der Waals surface area contributed by atoms with Crippen LogP contribution in [-0.4, -0.2) is 33.1 Å². The fourth-order valence-corrected chi connectivity index (χ4v) is 3.71. The van der Waals surface area contributed by atoms with E-state index in [0.717, 1.165) is 51.4 Å². The molecule has 5 nitrogen and oxygen atoms in total.